The van der Waals surface area contributed by atoms with E-state index in [0.29, 0.717) is 0 Å². The van der Waals surface area contributed by atoms with Gasteiger partial charge in [-0.2, -0.15) is 0 Å². The van der Waals surface area contributed by atoms with Crippen LogP contribution in [0.2, 0.25) is 36.3 Å². The first-order valence-corrected chi connectivity index (χ1v) is 17.2. The molecule has 0 saturated carbocycles. The minimum atomic E-state index is -1.65. The molecule has 0 aromatic heterocycles. The summed E-state index contributed by atoms with van der Waals surface area (Å²) in [5, 5.41) is 0. The number of rotatable bonds is 14. The molecule has 1 atom stereocenters. The van der Waals surface area contributed by atoms with Crippen molar-refractivity contribution in [2.75, 3.05) is 0 Å². The van der Waals surface area contributed by atoms with Crippen LogP contribution >= 0.6 is 11.8 Å². The maximum Gasteiger partial charge on any atom is 0.192 e. The number of hydrogen-bond acceptors (Lipinski definition) is 2. The highest BCUT2D eigenvalue weighted by Crippen LogP contribution is 2.40. The average molecular weight is 435 g/mol. The number of benzene rings is 1. The molecule has 0 fully saturated rings. The van der Waals surface area contributed by atoms with E-state index in [4.69, 9.17) is 4.43 Å². The van der Waals surface area contributed by atoms with Gasteiger partial charge >= 0.3 is 0 Å². The van der Waals surface area contributed by atoms with Crippen molar-refractivity contribution in [1.82, 2.24) is 0 Å². The lowest BCUT2D eigenvalue weighted by Crippen LogP contribution is -2.40. The summed E-state index contributed by atoms with van der Waals surface area (Å²) < 4.78 is 8.54. The molecule has 158 valence electrons. The topological polar surface area (TPSA) is 9.23 Å². The molecule has 0 aliphatic carbocycles. The molecule has 0 bridgehead atoms. The molecule has 0 radical (unpaired) electrons. The summed E-state index contributed by atoms with van der Waals surface area (Å²) in [6.07, 6.45) is 5.64. The van der Waals surface area contributed by atoms with E-state index in [2.05, 4.69) is 84.5 Å². The fourth-order valence-corrected chi connectivity index (χ4v) is 13.2. The number of thioether (sulfide) groups is 1. The second-order valence-electron chi connectivity index (χ2n) is 7.71. The SMILES string of the molecule is C=CCC(/C=C(\Sc1ccccc1)[Si](CC)(CC)CC)O[Si](CC)(CC)CC. The summed E-state index contributed by atoms with van der Waals surface area (Å²) in [6.45, 7) is 18.2. The first-order valence-electron chi connectivity index (χ1n) is 11.2. The van der Waals surface area contributed by atoms with Gasteiger partial charge in [0.2, 0.25) is 0 Å². The molecule has 1 unspecified atom stereocenters. The molecule has 1 aromatic carbocycles. The molecule has 0 spiro atoms. The van der Waals surface area contributed by atoms with Crippen LogP contribution < -0.4 is 0 Å². The van der Waals surface area contributed by atoms with Crippen LogP contribution in [0.3, 0.4) is 0 Å². The van der Waals surface area contributed by atoms with Gasteiger partial charge in [-0.1, -0.05) is 102 Å². The maximum atomic E-state index is 6.92. The zero-order chi connectivity index (χ0) is 21.0. The van der Waals surface area contributed by atoms with Crippen molar-refractivity contribution in [2.45, 2.75) is 95.2 Å². The predicted octanol–water partition coefficient (Wildman–Crippen LogP) is 8.68. The first-order chi connectivity index (χ1) is 13.5. The van der Waals surface area contributed by atoms with Crippen LogP contribution in [0.1, 0.15) is 48.0 Å². The maximum absolute atomic E-state index is 6.92. The van der Waals surface area contributed by atoms with Crippen LogP contribution in [-0.4, -0.2) is 22.5 Å². The van der Waals surface area contributed by atoms with Crippen molar-refractivity contribution in [1.29, 1.82) is 0 Å². The molecule has 4 heteroatoms. The summed E-state index contributed by atoms with van der Waals surface area (Å²) in [6, 6.07) is 18.4. The molecule has 1 rings (SSSR count). The van der Waals surface area contributed by atoms with Crippen molar-refractivity contribution in [3.8, 4) is 0 Å². The van der Waals surface area contributed by atoms with Crippen molar-refractivity contribution >= 4 is 28.2 Å². The van der Waals surface area contributed by atoms with Gasteiger partial charge in [-0.05, 0) is 41.2 Å². The zero-order valence-electron chi connectivity index (χ0n) is 19.1. The molecular weight excluding hydrogens is 393 g/mol. The summed E-state index contributed by atoms with van der Waals surface area (Å²) in [5.41, 5.74) is 0. The van der Waals surface area contributed by atoms with E-state index in [-0.39, 0.29) is 6.10 Å². The first kappa shape index (κ1) is 25.5. The second kappa shape index (κ2) is 12.9. The minimum Gasteiger partial charge on any atom is -0.410 e. The van der Waals surface area contributed by atoms with E-state index in [1.165, 1.54) is 41.2 Å². The smallest absolute Gasteiger partial charge is 0.192 e. The Kier molecular flexibility index (Phi) is 11.7. The van der Waals surface area contributed by atoms with Crippen LogP contribution in [0.25, 0.3) is 0 Å². The normalized spacial score (nSPS) is 14.1. The Hall–Kier alpha value is -0.556. The Morgan fingerprint density at radius 3 is 1.89 bits per heavy atom. The Morgan fingerprint density at radius 1 is 0.929 bits per heavy atom. The van der Waals surface area contributed by atoms with Crippen LogP contribution in [0.15, 0.2) is 58.5 Å². The van der Waals surface area contributed by atoms with E-state index in [1.807, 2.05) is 17.8 Å². The molecule has 0 aliphatic rings. The lowest BCUT2D eigenvalue weighted by Gasteiger charge is -2.35. The fourth-order valence-electron chi connectivity index (χ4n) is 4.01. The Bertz CT molecular complexity index is 575. The zero-order valence-corrected chi connectivity index (χ0v) is 21.9. The molecule has 1 nitrogen and oxygen atoms in total. The monoisotopic (exact) mass is 434 g/mol. The molecule has 0 saturated heterocycles. The van der Waals surface area contributed by atoms with Gasteiger partial charge < -0.3 is 4.43 Å². The predicted molar refractivity (Wildman–Crippen MR) is 134 cm³/mol. The van der Waals surface area contributed by atoms with Crippen molar-refractivity contribution in [3.05, 3.63) is 53.6 Å². The van der Waals surface area contributed by atoms with E-state index < -0.39 is 16.4 Å². The highest BCUT2D eigenvalue weighted by Gasteiger charge is 2.35. The van der Waals surface area contributed by atoms with Gasteiger partial charge in [-0.3, -0.25) is 0 Å². The minimum absolute atomic E-state index is 0.173. The van der Waals surface area contributed by atoms with E-state index in [9.17, 15) is 0 Å². The van der Waals surface area contributed by atoms with Crippen molar-refractivity contribution in [2.24, 2.45) is 0 Å². The standard InChI is InChI=1S/C24H42OSSi2/c1-8-18-22(25-28(12-5,13-6)14-7)21-24(27(9-2,10-3)11-4)26-23-19-16-15-17-20-23/h8,15-17,19-22H,1,9-14,18H2,2-7H3/b24-21+. The third-order valence-electron chi connectivity index (χ3n) is 6.59. The Balaban J connectivity index is 3.36. The lowest BCUT2D eigenvalue weighted by molar-refractivity contribution is 0.236. The van der Waals surface area contributed by atoms with Crippen LogP contribution in [-0.2, 0) is 4.43 Å². The van der Waals surface area contributed by atoms with Crippen LogP contribution in [0.4, 0.5) is 0 Å². The summed E-state index contributed by atoms with van der Waals surface area (Å²) in [7, 11) is -3.15. The molecule has 0 N–H and O–H groups in total. The fraction of sp³-hybridized carbons (Fsp3) is 0.583. The van der Waals surface area contributed by atoms with E-state index >= 15 is 0 Å². The third-order valence-corrected chi connectivity index (χ3v) is 19.0. The summed E-state index contributed by atoms with van der Waals surface area (Å²) >= 11 is 2.00. The van der Waals surface area contributed by atoms with Crippen LogP contribution in [0.5, 0.6) is 0 Å². The highest BCUT2D eigenvalue weighted by atomic mass is 32.2. The van der Waals surface area contributed by atoms with Gasteiger partial charge in [-0.25, -0.2) is 0 Å². The van der Waals surface area contributed by atoms with Crippen molar-refractivity contribution < 1.29 is 4.43 Å². The average Bonchev–Trinajstić information content (AvgIpc) is 2.74. The molecular formula is C24H42OSSi2. The highest BCUT2D eigenvalue weighted by molar-refractivity contribution is 8.05. The molecule has 28 heavy (non-hydrogen) atoms. The third kappa shape index (κ3) is 6.75. The van der Waals surface area contributed by atoms with Crippen molar-refractivity contribution in [3.63, 3.8) is 0 Å². The molecule has 1 aromatic rings. The van der Waals surface area contributed by atoms with Crippen LogP contribution in [0, 0.1) is 0 Å². The molecule has 0 amide bonds. The van der Waals surface area contributed by atoms with Gasteiger partial charge in [0.05, 0.1) is 14.2 Å². The molecule has 0 heterocycles. The summed E-state index contributed by atoms with van der Waals surface area (Å²) in [4.78, 5) is 1.35. The molecule has 0 aliphatic heterocycles. The van der Waals surface area contributed by atoms with Gasteiger partial charge in [0.1, 0.15) is 0 Å². The van der Waals surface area contributed by atoms with Gasteiger partial charge in [0.15, 0.2) is 8.32 Å². The largest absolute Gasteiger partial charge is 0.410 e. The summed E-state index contributed by atoms with van der Waals surface area (Å²) in [5.74, 6) is 0. The van der Waals surface area contributed by atoms with Gasteiger partial charge in [-0.15, -0.1) is 6.58 Å². The van der Waals surface area contributed by atoms with Gasteiger partial charge in [0.25, 0.3) is 0 Å². The van der Waals surface area contributed by atoms with E-state index in [1.54, 1.807) is 4.53 Å². The van der Waals surface area contributed by atoms with Gasteiger partial charge in [0, 0.05) is 4.90 Å². The quantitative estimate of drug-likeness (QED) is 0.164. The second-order valence-corrected chi connectivity index (χ2v) is 19.1. The van der Waals surface area contributed by atoms with E-state index in [0.717, 1.165) is 6.42 Å². The Morgan fingerprint density at radius 2 is 1.46 bits per heavy atom. The number of hydrogen-bond donors (Lipinski definition) is 0. The Labute approximate surface area is 181 Å². The lowest BCUT2D eigenvalue weighted by atomic mass is 10.2.